The molecule has 0 bridgehead atoms. The standard InChI is InChI=1S/C22H23NO3/c1-25-20-9-16-15-6-12-4-3-5-13(12)7-18(15)22-19(8-14(24)11-23-22)17(16)10-21(20)26-2/h8-13,24H,3-7H2,1-2H3. The lowest BCUT2D eigenvalue weighted by Crippen LogP contribution is -2.21. The zero-order valence-corrected chi connectivity index (χ0v) is 15.2. The zero-order valence-electron chi connectivity index (χ0n) is 15.2. The molecule has 2 aliphatic rings. The summed E-state index contributed by atoms with van der Waals surface area (Å²) in [6.45, 7) is 0. The molecular formula is C22H23NO3. The number of ether oxygens (including phenoxy) is 2. The number of rotatable bonds is 2. The lowest BCUT2D eigenvalue weighted by Gasteiger charge is -2.30. The molecular weight excluding hydrogens is 326 g/mol. The molecule has 26 heavy (non-hydrogen) atoms. The first-order valence-electron chi connectivity index (χ1n) is 9.37. The molecule has 1 heterocycles. The number of fused-ring (bicyclic) bond motifs is 7. The van der Waals surface area contributed by atoms with Crippen LogP contribution in [0.3, 0.4) is 0 Å². The van der Waals surface area contributed by atoms with Gasteiger partial charge in [0.2, 0.25) is 0 Å². The summed E-state index contributed by atoms with van der Waals surface area (Å²) >= 11 is 0. The Balaban J connectivity index is 1.89. The highest BCUT2D eigenvalue weighted by molar-refractivity contribution is 6.11. The average molecular weight is 349 g/mol. The molecule has 0 spiro atoms. The summed E-state index contributed by atoms with van der Waals surface area (Å²) in [5.41, 5.74) is 3.81. The van der Waals surface area contributed by atoms with E-state index in [-0.39, 0.29) is 5.75 Å². The van der Waals surface area contributed by atoms with E-state index in [1.807, 2.05) is 12.1 Å². The third kappa shape index (κ3) is 2.17. The summed E-state index contributed by atoms with van der Waals surface area (Å²) in [6.07, 6.45) is 7.77. The van der Waals surface area contributed by atoms with Gasteiger partial charge >= 0.3 is 0 Å². The second-order valence-electron chi connectivity index (χ2n) is 7.66. The Hall–Kier alpha value is -2.49. The maximum absolute atomic E-state index is 10.1. The van der Waals surface area contributed by atoms with Gasteiger partial charge in [-0.1, -0.05) is 6.42 Å². The lowest BCUT2D eigenvalue weighted by molar-refractivity contribution is 0.355. The van der Waals surface area contributed by atoms with E-state index < -0.39 is 0 Å². The van der Waals surface area contributed by atoms with E-state index in [1.54, 1.807) is 20.4 Å². The summed E-state index contributed by atoms with van der Waals surface area (Å²) in [5.74, 6) is 3.22. The highest BCUT2D eigenvalue weighted by atomic mass is 16.5. The fraction of sp³-hybridized carbons (Fsp3) is 0.409. The van der Waals surface area contributed by atoms with Crippen molar-refractivity contribution in [2.24, 2.45) is 11.8 Å². The minimum absolute atomic E-state index is 0.197. The van der Waals surface area contributed by atoms with Crippen LogP contribution >= 0.6 is 0 Å². The summed E-state index contributed by atoms with van der Waals surface area (Å²) < 4.78 is 11.1. The Morgan fingerprint density at radius 3 is 2.23 bits per heavy atom. The second kappa shape index (κ2) is 5.76. The van der Waals surface area contributed by atoms with E-state index >= 15 is 0 Å². The first-order valence-corrected chi connectivity index (χ1v) is 9.37. The first-order chi connectivity index (χ1) is 12.7. The van der Waals surface area contributed by atoms with Crippen molar-refractivity contribution >= 4 is 21.7 Å². The maximum Gasteiger partial charge on any atom is 0.161 e. The zero-order chi connectivity index (χ0) is 17.8. The Labute approximate surface area is 152 Å². The monoisotopic (exact) mass is 349 g/mol. The van der Waals surface area contributed by atoms with Gasteiger partial charge in [0.15, 0.2) is 11.5 Å². The molecule has 3 aromatic rings. The van der Waals surface area contributed by atoms with Crippen LogP contribution < -0.4 is 9.47 Å². The average Bonchev–Trinajstić information content (AvgIpc) is 3.13. The van der Waals surface area contributed by atoms with Gasteiger partial charge in [-0.15, -0.1) is 0 Å². The molecule has 2 aliphatic carbocycles. The highest BCUT2D eigenvalue weighted by Gasteiger charge is 2.34. The summed E-state index contributed by atoms with van der Waals surface area (Å²) in [6, 6.07) is 5.96. The number of methoxy groups -OCH3 is 2. The highest BCUT2D eigenvalue weighted by Crippen LogP contribution is 2.47. The van der Waals surface area contributed by atoms with E-state index in [0.717, 1.165) is 46.7 Å². The van der Waals surface area contributed by atoms with Crippen molar-refractivity contribution in [3.05, 3.63) is 35.5 Å². The van der Waals surface area contributed by atoms with Gasteiger partial charge in [-0.3, -0.25) is 4.98 Å². The van der Waals surface area contributed by atoms with Gasteiger partial charge in [0.25, 0.3) is 0 Å². The molecule has 2 atom stereocenters. The van der Waals surface area contributed by atoms with Gasteiger partial charge in [0, 0.05) is 5.39 Å². The quantitative estimate of drug-likeness (QED) is 0.686. The third-order valence-corrected chi connectivity index (χ3v) is 6.41. The fourth-order valence-electron chi connectivity index (χ4n) is 5.19. The number of aromatic hydroxyl groups is 1. The molecule has 0 saturated heterocycles. The number of aromatic nitrogens is 1. The molecule has 1 aromatic heterocycles. The summed E-state index contributed by atoms with van der Waals surface area (Å²) in [7, 11) is 3.33. The SMILES string of the molecule is COc1cc2c3c(c4ncc(O)cc4c2cc1OC)CC1CCCC1C3. The minimum Gasteiger partial charge on any atom is -0.506 e. The molecule has 0 radical (unpaired) electrons. The minimum atomic E-state index is 0.197. The molecule has 4 nitrogen and oxygen atoms in total. The van der Waals surface area contributed by atoms with Crippen molar-refractivity contribution in [2.45, 2.75) is 32.1 Å². The topological polar surface area (TPSA) is 51.6 Å². The molecule has 5 rings (SSSR count). The van der Waals surface area contributed by atoms with Crippen molar-refractivity contribution in [1.82, 2.24) is 4.98 Å². The predicted octanol–water partition coefficient (Wildman–Crippen LogP) is 4.63. The van der Waals surface area contributed by atoms with Crippen LogP contribution in [0.5, 0.6) is 17.2 Å². The number of hydrogen-bond donors (Lipinski definition) is 1. The van der Waals surface area contributed by atoms with Crippen LogP contribution in [0, 0.1) is 11.8 Å². The van der Waals surface area contributed by atoms with E-state index in [9.17, 15) is 5.11 Å². The number of pyridine rings is 1. The predicted molar refractivity (Wildman–Crippen MR) is 102 cm³/mol. The van der Waals surface area contributed by atoms with Crippen molar-refractivity contribution < 1.29 is 14.6 Å². The molecule has 1 saturated carbocycles. The van der Waals surface area contributed by atoms with Crippen molar-refractivity contribution in [3.8, 4) is 17.2 Å². The number of benzene rings is 2. The molecule has 1 fully saturated rings. The molecule has 134 valence electrons. The van der Waals surface area contributed by atoms with Gasteiger partial charge in [-0.05, 0) is 77.6 Å². The van der Waals surface area contributed by atoms with Crippen LogP contribution in [0.4, 0.5) is 0 Å². The molecule has 0 aliphatic heterocycles. The molecule has 1 N–H and O–H groups in total. The van der Waals surface area contributed by atoms with Gasteiger partial charge in [0.05, 0.1) is 25.9 Å². The number of hydrogen-bond acceptors (Lipinski definition) is 4. The van der Waals surface area contributed by atoms with E-state index in [2.05, 4.69) is 11.1 Å². The molecule has 2 aromatic carbocycles. The van der Waals surface area contributed by atoms with E-state index in [1.165, 1.54) is 35.8 Å². The van der Waals surface area contributed by atoms with Crippen LogP contribution in [0.25, 0.3) is 21.7 Å². The summed E-state index contributed by atoms with van der Waals surface area (Å²) in [5, 5.41) is 13.3. The van der Waals surface area contributed by atoms with Crippen LogP contribution in [-0.2, 0) is 12.8 Å². The van der Waals surface area contributed by atoms with Gasteiger partial charge < -0.3 is 14.6 Å². The van der Waals surface area contributed by atoms with Crippen molar-refractivity contribution in [3.63, 3.8) is 0 Å². The fourth-order valence-corrected chi connectivity index (χ4v) is 5.19. The van der Waals surface area contributed by atoms with Crippen LogP contribution in [0.15, 0.2) is 24.4 Å². The smallest absolute Gasteiger partial charge is 0.161 e. The first kappa shape index (κ1) is 15.7. The second-order valence-corrected chi connectivity index (χ2v) is 7.66. The lowest BCUT2D eigenvalue weighted by atomic mass is 9.75. The largest absolute Gasteiger partial charge is 0.506 e. The van der Waals surface area contributed by atoms with Gasteiger partial charge in [-0.25, -0.2) is 0 Å². The Morgan fingerprint density at radius 2 is 1.54 bits per heavy atom. The van der Waals surface area contributed by atoms with Crippen LogP contribution in [0.1, 0.15) is 30.4 Å². The Kier molecular flexibility index (Phi) is 3.49. The third-order valence-electron chi connectivity index (χ3n) is 6.41. The summed E-state index contributed by atoms with van der Waals surface area (Å²) in [4.78, 5) is 4.63. The maximum atomic E-state index is 10.1. The van der Waals surface area contributed by atoms with E-state index in [4.69, 9.17) is 9.47 Å². The van der Waals surface area contributed by atoms with Crippen molar-refractivity contribution in [2.75, 3.05) is 14.2 Å². The Morgan fingerprint density at radius 1 is 0.885 bits per heavy atom. The molecule has 4 heteroatoms. The molecule has 0 amide bonds. The van der Waals surface area contributed by atoms with Gasteiger partial charge in [-0.2, -0.15) is 0 Å². The van der Waals surface area contributed by atoms with Gasteiger partial charge in [0.1, 0.15) is 5.75 Å². The number of nitrogens with zero attached hydrogens (tertiary/aromatic N) is 1. The van der Waals surface area contributed by atoms with Crippen LogP contribution in [0.2, 0.25) is 0 Å². The Bertz CT molecular complexity index is 1030. The van der Waals surface area contributed by atoms with Crippen LogP contribution in [-0.4, -0.2) is 24.3 Å². The normalized spacial score (nSPS) is 21.6. The molecule has 2 unspecified atom stereocenters. The van der Waals surface area contributed by atoms with E-state index in [0.29, 0.717) is 5.75 Å². The van der Waals surface area contributed by atoms with Crippen molar-refractivity contribution in [1.29, 1.82) is 0 Å².